The maximum atomic E-state index is 12.6. The Morgan fingerprint density at radius 2 is 1.93 bits per heavy atom. The third-order valence-corrected chi connectivity index (χ3v) is 6.09. The number of hydrogen-bond donors (Lipinski definition) is 2. The highest BCUT2D eigenvalue weighted by molar-refractivity contribution is 7.93. The zero-order valence-corrected chi connectivity index (χ0v) is 16.5. The van der Waals surface area contributed by atoms with Crippen molar-refractivity contribution in [3.63, 3.8) is 0 Å². The van der Waals surface area contributed by atoms with Crippen molar-refractivity contribution in [2.24, 2.45) is 0 Å². The molecule has 0 spiro atoms. The van der Waals surface area contributed by atoms with E-state index in [4.69, 9.17) is 4.74 Å². The summed E-state index contributed by atoms with van der Waals surface area (Å²) in [6.07, 6.45) is 0. The molecular formula is C18H19N3O4S2. The Bertz CT molecular complexity index is 1060. The summed E-state index contributed by atoms with van der Waals surface area (Å²) in [5, 5.41) is 2.96. The highest BCUT2D eigenvalue weighted by Gasteiger charge is 2.17. The molecule has 142 valence electrons. The first-order valence-corrected chi connectivity index (χ1v) is 10.6. The lowest BCUT2D eigenvalue weighted by atomic mass is 10.2. The molecule has 0 fully saturated rings. The Morgan fingerprint density at radius 1 is 1.19 bits per heavy atom. The molecule has 27 heavy (non-hydrogen) atoms. The van der Waals surface area contributed by atoms with Gasteiger partial charge in [0.05, 0.1) is 21.7 Å². The molecule has 0 aliphatic heterocycles. The summed E-state index contributed by atoms with van der Waals surface area (Å²) in [5.41, 5.74) is 1.51. The van der Waals surface area contributed by atoms with Crippen LogP contribution in [0.4, 0.5) is 5.13 Å². The van der Waals surface area contributed by atoms with Gasteiger partial charge in [0.25, 0.3) is 10.0 Å². The number of hydrogen-bond acceptors (Lipinski definition) is 6. The molecule has 0 aliphatic carbocycles. The van der Waals surface area contributed by atoms with Gasteiger partial charge in [-0.3, -0.25) is 9.52 Å². The molecule has 3 rings (SSSR count). The van der Waals surface area contributed by atoms with Crippen molar-refractivity contribution in [2.45, 2.75) is 25.3 Å². The van der Waals surface area contributed by atoms with Crippen LogP contribution in [0.25, 0.3) is 10.2 Å². The number of sulfonamides is 1. The number of nitrogens with zero attached hydrogens (tertiary/aromatic N) is 1. The van der Waals surface area contributed by atoms with Gasteiger partial charge in [-0.15, -0.1) is 0 Å². The van der Waals surface area contributed by atoms with Gasteiger partial charge in [-0.1, -0.05) is 23.5 Å². The van der Waals surface area contributed by atoms with Crippen molar-refractivity contribution in [3.8, 4) is 5.75 Å². The van der Waals surface area contributed by atoms with Crippen LogP contribution in [0.1, 0.15) is 19.4 Å². The first-order chi connectivity index (χ1) is 12.9. The lowest BCUT2D eigenvalue weighted by Gasteiger charge is -2.07. The Morgan fingerprint density at radius 3 is 2.59 bits per heavy atom. The summed E-state index contributed by atoms with van der Waals surface area (Å²) in [7, 11) is -3.75. The minimum Gasteiger partial charge on any atom is -0.494 e. The minimum absolute atomic E-state index is 0.128. The molecule has 1 heterocycles. The van der Waals surface area contributed by atoms with Crippen molar-refractivity contribution >= 4 is 42.6 Å². The van der Waals surface area contributed by atoms with E-state index in [1.54, 1.807) is 24.3 Å². The second kappa shape index (κ2) is 7.93. The number of thiazole rings is 1. The largest absolute Gasteiger partial charge is 0.494 e. The van der Waals surface area contributed by atoms with Crippen LogP contribution >= 0.6 is 11.3 Å². The van der Waals surface area contributed by atoms with E-state index in [0.29, 0.717) is 23.8 Å². The second-order valence-electron chi connectivity index (χ2n) is 5.74. The van der Waals surface area contributed by atoms with Gasteiger partial charge in [0.2, 0.25) is 5.91 Å². The van der Waals surface area contributed by atoms with Crippen LogP contribution in [-0.4, -0.2) is 25.9 Å². The van der Waals surface area contributed by atoms with Crippen molar-refractivity contribution in [1.82, 2.24) is 10.3 Å². The van der Waals surface area contributed by atoms with Crippen molar-refractivity contribution in [3.05, 3.63) is 48.0 Å². The first-order valence-electron chi connectivity index (χ1n) is 8.27. The lowest BCUT2D eigenvalue weighted by Crippen LogP contribution is -2.19. The molecule has 0 radical (unpaired) electrons. The zero-order chi connectivity index (χ0) is 19.4. The molecule has 0 unspecified atom stereocenters. The number of carbonyl (C=O) groups is 1. The van der Waals surface area contributed by atoms with Crippen molar-refractivity contribution in [1.29, 1.82) is 0 Å². The molecule has 1 amide bonds. The van der Waals surface area contributed by atoms with Crippen LogP contribution in [0, 0.1) is 0 Å². The Labute approximate surface area is 161 Å². The van der Waals surface area contributed by atoms with Crippen molar-refractivity contribution in [2.75, 3.05) is 11.3 Å². The molecule has 2 N–H and O–H groups in total. The first kappa shape index (κ1) is 19.1. The summed E-state index contributed by atoms with van der Waals surface area (Å²) >= 11 is 1.24. The predicted molar refractivity (Wildman–Crippen MR) is 106 cm³/mol. The fourth-order valence-corrected chi connectivity index (χ4v) is 4.52. The third-order valence-electron chi connectivity index (χ3n) is 3.67. The fraction of sp³-hybridized carbons (Fsp3) is 0.222. The van der Waals surface area contributed by atoms with Crippen LogP contribution in [-0.2, 0) is 21.4 Å². The minimum atomic E-state index is -3.75. The molecule has 0 atom stereocenters. The molecule has 0 saturated carbocycles. The summed E-state index contributed by atoms with van der Waals surface area (Å²) in [6, 6.07) is 11.8. The van der Waals surface area contributed by atoms with E-state index in [9.17, 15) is 13.2 Å². The number of aromatic nitrogens is 1. The van der Waals surface area contributed by atoms with E-state index in [1.165, 1.54) is 30.4 Å². The predicted octanol–water partition coefficient (Wildman–Crippen LogP) is 3.13. The fourth-order valence-electron chi connectivity index (χ4n) is 2.39. The Balaban J connectivity index is 1.77. The standard InChI is InChI=1S/C18H19N3O4S2/c1-3-25-14-6-9-16-17(10-14)26-18(20-16)21-27(23,24)15-7-4-13(5-8-15)11-19-12(2)22/h4-10H,3,11H2,1-2H3,(H,19,22)(H,20,21). The maximum absolute atomic E-state index is 12.6. The van der Waals surface area contributed by atoms with Crippen LogP contribution < -0.4 is 14.8 Å². The van der Waals surface area contributed by atoms with Crippen LogP contribution in [0.2, 0.25) is 0 Å². The zero-order valence-electron chi connectivity index (χ0n) is 14.9. The average molecular weight is 406 g/mol. The maximum Gasteiger partial charge on any atom is 0.263 e. The number of carbonyl (C=O) groups excluding carboxylic acids is 1. The Kier molecular flexibility index (Phi) is 5.62. The number of benzene rings is 2. The van der Waals surface area contributed by atoms with E-state index in [2.05, 4.69) is 15.0 Å². The molecule has 1 aromatic heterocycles. The molecule has 2 aromatic carbocycles. The van der Waals surface area contributed by atoms with E-state index >= 15 is 0 Å². The summed E-state index contributed by atoms with van der Waals surface area (Å²) in [4.78, 5) is 15.4. The smallest absolute Gasteiger partial charge is 0.263 e. The van der Waals surface area contributed by atoms with E-state index in [1.807, 2.05) is 13.0 Å². The molecule has 0 bridgehead atoms. The molecule has 7 nitrogen and oxygen atoms in total. The molecular weight excluding hydrogens is 386 g/mol. The van der Waals surface area contributed by atoms with Crippen LogP contribution in [0.5, 0.6) is 5.75 Å². The van der Waals surface area contributed by atoms with Gasteiger partial charge in [-0.25, -0.2) is 13.4 Å². The number of amides is 1. The number of fused-ring (bicyclic) bond motifs is 1. The van der Waals surface area contributed by atoms with E-state index < -0.39 is 10.0 Å². The van der Waals surface area contributed by atoms with Crippen LogP contribution in [0.3, 0.4) is 0 Å². The Hall–Kier alpha value is -2.65. The van der Waals surface area contributed by atoms with Gasteiger partial charge in [0, 0.05) is 13.5 Å². The van der Waals surface area contributed by atoms with Gasteiger partial charge in [-0.2, -0.15) is 0 Å². The molecule has 0 saturated heterocycles. The lowest BCUT2D eigenvalue weighted by molar-refractivity contribution is -0.119. The van der Waals surface area contributed by atoms with Crippen LogP contribution in [0.15, 0.2) is 47.4 Å². The van der Waals surface area contributed by atoms with Gasteiger partial charge in [0.15, 0.2) is 5.13 Å². The number of nitrogens with one attached hydrogen (secondary N) is 2. The number of rotatable bonds is 7. The van der Waals surface area contributed by atoms with Gasteiger partial charge >= 0.3 is 0 Å². The molecule has 3 aromatic rings. The molecule has 9 heteroatoms. The van der Waals surface area contributed by atoms with E-state index in [0.717, 1.165) is 16.0 Å². The highest BCUT2D eigenvalue weighted by Crippen LogP contribution is 2.30. The van der Waals surface area contributed by atoms with Gasteiger partial charge in [-0.05, 0) is 42.8 Å². The monoisotopic (exact) mass is 405 g/mol. The van der Waals surface area contributed by atoms with Crippen molar-refractivity contribution < 1.29 is 17.9 Å². The average Bonchev–Trinajstić information content (AvgIpc) is 3.01. The summed E-state index contributed by atoms with van der Waals surface area (Å²) in [5.74, 6) is 0.578. The third kappa shape index (κ3) is 4.75. The van der Waals surface area contributed by atoms with Gasteiger partial charge in [0.1, 0.15) is 5.75 Å². The number of anilines is 1. The topological polar surface area (TPSA) is 97.4 Å². The molecule has 0 aliphatic rings. The quantitative estimate of drug-likeness (QED) is 0.629. The second-order valence-corrected chi connectivity index (χ2v) is 8.45. The van der Waals surface area contributed by atoms with Gasteiger partial charge < -0.3 is 10.1 Å². The van der Waals surface area contributed by atoms with E-state index in [-0.39, 0.29) is 10.8 Å². The summed E-state index contributed by atoms with van der Waals surface area (Å²) < 4.78 is 34.0. The SMILES string of the molecule is CCOc1ccc2nc(NS(=O)(=O)c3ccc(CNC(C)=O)cc3)sc2c1. The summed E-state index contributed by atoms with van der Waals surface area (Å²) in [6.45, 7) is 4.24. The normalized spacial score (nSPS) is 11.3. The highest BCUT2D eigenvalue weighted by atomic mass is 32.2. The number of ether oxygens (including phenoxy) is 1.